The molecule has 1 unspecified atom stereocenters. The first-order chi connectivity index (χ1) is 13.3. The lowest BCUT2D eigenvalue weighted by molar-refractivity contribution is -0.134. The highest BCUT2D eigenvalue weighted by Crippen LogP contribution is 2.29. The van der Waals surface area contributed by atoms with Gasteiger partial charge in [0.2, 0.25) is 11.8 Å². The summed E-state index contributed by atoms with van der Waals surface area (Å²) in [4.78, 5) is 49.7. The van der Waals surface area contributed by atoms with Crippen molar-refractivity contribution in [3.8, 4) is 0 Å². The zero-order valence-corrected chi connectivity index (χ0v) is 15.3. The fourth-order valence-corrected chi connectivity index (χ4v) is 3.02. The molecule has 0 radical (unpaired) electrons. The van der Waals surface area contributed by atoms with E-state index < -0.39 is 35.8 Å². The molecule has 1 fully saturated rings. The molecule has 1 atom stereocenters. The molecule has 28 heavy (non-hydrogen) atoms. The van der Waals surface area contributed by atoms with Gasteiger partial charge in [-0.25, -0.2) is 4.79 Å². The molecule has 8 heteroatoms. The average molecular weight is 380 g/mol. The number of carbonyl (C=O) groups is 4. The maximum atomic E-state index is 12.9. The van der Waals surface area contributed by atoms with Crippen LogP contribution in [0.1, 0.15) is 28.4 Å². The Kier molecular flexibility index (Phi) is 5.12. The molecular weight excluding hydrogens is 360 g/mol. The Morgan fingerprint density at radius 2 is 1.82 bits per heavy atom. The highest BCUT2D eigenvalue weighted by molar-refractivity contribution is 6.09. The maximum absolute atomic E-state index is 12.9. The third-order valence-corrected chi connectivity index (χ3v) is 4.63. The monoisotopic (exact) mass is 380 g/mol. The SMILES string of the molecule is CC1(c2cccc(C(N)=O)c2)NC(=O)N(CC(=O)NCc2ccccc2)C1=O. The Morgan fingerprint density at radius 1 is 1.11 bits per heavy atom. The third-order valence-electron chi connectivity index (χ3n) is 4.63. The fourth-order valence-electron chi connectivity index (χ4n) is 3.02. The van der Waals surface area contributed by atoms with Gasteiger partial charge in [-0.15, -0.1) is 0 Å². The van der Waals surface area contributed by atoms with E-state index >= 15 is 0 Å². The molecule has 0 saturated carbocycles. The number of benzene rings is 2. The molecule has 2 aromatic carbocycles. The first-order valence-electron chi connectivity index (χ1n) is 8.66. The number of nitrogens with two attached hydrogens (primary N) is 1. The second kappa shape index (κ2) is 7.51. The third kappa shape index (κ3) is 3.71. The standard InChI is InChI=1S/C20H20N4O4/c1-20(15-9-5-8-14(10-15)17(21)26)18(27)24(19(28)23-20)12-16(25)22-11-13-6-3-2-4-7-13/h2-10H,11-12H2,1H3,(H2,21,26)(H,22,25)(H,23,28). The highest BCUT2D eigenvalue weighted by Gasteiger charge is 2.49. The van der Waals surface area contributed by atoms with E-state index in [1.807, 2.05) is 30.3 Å². The molecule has 1 aliphatic rings. The number of nitrogens with zero attached hydrogens (tertiary/aromatic N) is 1. The summed E-state index contributed by atoms with van der Waals surface area (Å²) in [6.07, 6.45) is 0. The Morgan fingerprint density at radius 3 is 2.50 bits per heavy atom. The number of primary amides is 1. The van der Waals surface area contributed by atoms with Gasteiger partial charge in [-0.3, -0.25) is 19.3 Å². The largest absolute Gasteiger partial charge is 0.366 e. The van der Waals surface area contributed by atoms with Crippen molar-refractivity contribution in [2.45, 2.75) is 19.0 Å². The normalized spacial score (nSPS) is 18.7. The molecule has 1 aliphatic heterocycles. The van der Waals surface area contributed by atoms with Crippen LogP contribution in [-0.2, 0) is 21.7 Å². The van der Waals surface area contributed by atoms with E-state index in [2.05, 4.69) is 10.6 Å². The maximum Gasteiger partial charge on any atom is 0.325 e. The van der Waals surface area contributed by atoms with Crippen LogP contribution in [0.15, 0.2) is 54.6 Å². The van der Waals surface area contributed by atoms with Gasteiger partial charge in [0.15, 0.2) is 0 Å². The minimum absolute atomic E-state index is 0.222. The number of carbonyl (C=O) groups excluding carboxylic acids is 4. The zero-order chi connectivity index (χ0) is 20.3. The topological polar surface area (TPSA) is 122 Å². The van der Waals surface area contributed by atoms with Crippen LogP contribution < -0.4 is 16.4 Å². The minimum atomic E-state index is -1.39. The van der Waals surface area contributed by atoms with Crippen molar-refractivity contribution >= 4 is 23.8 Å². The molecule has 4 N–H and O–H groups in total. The quantitative estimate of drug-likeness (QED) is 0.644. The van der Waals surface area contributed by atoms with E-state index in [0.29, 0.717) is 12.1 Å². The summed E-state index contributed by atoms with van der Waals surface area (Å²) in [7, 11) is 0. The van der Waals surface area contributed by atoms with Crippen molar-refractivity contribution in [3.05, 3.63) is 71.3 Å². The Labute approximate surface area is 161 Å². The van der Waals surface area contributed by atoms with Gasteiger partial charge in [0.1, 0.15) is 12.1 Å². The molecule has 0 aromatic heterocycles. The Balaban J connectivity index is 1.71. The zero-order valence-electron chi connectivity index (χ0n) is 15.3. The van der Waals surface area contributed by atoms with E-state index in [9.17, 15) is 19.2 Å². The van der Waals surface area contributed by atoms with Gasteiger partial charge in [-0.2, -0.15) is 0 Å². The minimum Gasteiger partial charge on any atom is -0.366 e. The first kappa shape index (κ1) is 19.1. The molecule has 2 aromatic rings. The lowest BCUT2D eigenvalue weighted by atomic mass is 9.90. The van der Waals surface area contributed by atoms with Gasteiger partial charge in [-0.1, -0.05) is 42.5 Å². The van der Waals surface area contributed by atoms with Crippen LogP contribution in [0.5, 0.6) is 0 Å². The number of imide groups is 1. The van der Waals surface area contributed by atoms with Gasteiger partial charge in [-0.05, 0) is 30.2 Å². The highest BCUT2D eigenvalue weighted by atomic mass is 16.2. The van der Waals surface area contributed by atoms with Crippen LogP contribution >= 0.6 is 0 Å². The summed E-state index contributed by atoms with van der Waals surface area (Å²) in [6, 6.07) is 14.8. The number of nitrogens with one attached hydrogen (secondary N) is 2. The second-order valence-corrected chi connectivity index (χ2v) is 6.65. The number of hydrogen-bond acceptors (Lipinski definition) is 4. The van der Waals surface area contributed by atoms with Crippen molar-refractivity contribution in [2.75, 3.05) is 6.54 Å². The summed E-state index contributed by atoms with van der Waals surface area (Å²) in [5, 5.41) is 5.28. The van der Waals surface area contributed by atoms with Crippen molar-refractivity contribution in [1.82, 2.24) is 15.5 Å². The molecule has 1 saturated heterocycles. The van der Waals surface area contributed by atoms with E-state index in [-0.39, 0.29) is 5.56 Å². The van der Waals surface area contributed by atoms with Crippen LogP contribution in [0.2, 0.25) is 0 Å². The van der Waals surface area contributed by atoms with Gasteiger partial charge < -0.3 is 16.4 Å². The molecule has 5 amide bonds. The molecule has 8 nitrogen and oxygen atoms in total. The van der Waals surface area contributed by atoms with Crippen molar-refractivity contribution in [3.63, 3.8) is 0 Å². The van der Waals surface area contributed by atoms with Crippen LogP contribution in [0.4, 0.5) is 4.79 Å². The molecule has 0 bridgehead atoms. The smallest absolute Gasteiger partial charge is 0.325 e. The Bertz CT molecular complexity index is 944. The van der Waals surface area contributed by atoms with Crippen molar-refractivity contribution in [2.24, 2.45) is 5.73 Å². The lowest BCUT2D eigenvalue weighted by Gasteiger charge is -2.22. The predicted molar refractivity (Wildman–Crippen MR) is 101 cm³/mol. The molecule has 144 valence electrons. The van der Waals surface area contributed by atoms with Crippen LogP contribution in [-0.4, -0.2) is 35.2 Å². The van der Waals surface area contributed by atoms with Gasteiger partial charge in [0.05, 0.1) is 0 Å². The number of amides is 5. The summed E-state index contributed by atoms with van der Waals surface area (Å²) in [6.45, 7) is 1.42. The van der Waals surface area contributed by atoms with Crippen LogP contribution in [0, 0.1) is 0 Å². The average Bonchev–Trinajstić information content (AvgIpc) is 2.91. The summed E-state index contributed by atoms with van der Waals surface area (Å²) in [5.74, 6) is -1.67. The van der Waals surface area contributed by atoms with Gasteiger partial charge in [0, 0.05) is 12.1 Å². The van der Waals surface area contributed by atoms with E-state index in [4.69, 9.17) is 5.73 Å². The molecular formula is C20H20N4O4. The molecule has 0 aliphatic carbocycles. The van der Waals surface area contributed by atoms with Crippen LogP contribution in [0.3, 0.4) is 0 Å². The number of hydrogen-bond donors (Lipinski definition) is 3. The van der Waals surface area contributed by atoms with Crippen molar-refractivity contribution in [1.29, 1.82) is 0 Å². The second-order valence-electron chi connectivity index (χ2n) is 6.65. The Hall–Kier alpha value is -3.68. The number of rotatable bonds is 6. The fraction of sp³-hybridized carbons (Fsp3) is 0.200. The van der Waals surface area contributed by atoms with Crippen LogP contribution in [0.25, 0.3) is 0 Å². The molecule has 3 rings (SSSR count). The summed E-state index contributed by atoms with van der Waals surface area (Å²) in [5.41, 5.74) is 5.44. The van der Waals surface area contributed by atoms with E-state index in [1.54, 1.807) is 12.1 Å². The van der Waals surface area contributed by atoms with E-state index in [0.717, 1.165) is 10.5 Å². The summed E-state index contributed by atoms with van der Waals surface area (Å²) >= 11 is 0. The van der Waals surface area contributed by atoms with Gasteiger partial charge >= 0.3 is 6.03 Å². The first-order valence-corrected chi connectivity index (χ1v) is 8.66. The molecule has 1 heterocycles. The van der Waals surface area contributed by atoms with E-state index in [1.165, 1.54) is 19.1 Å². The number of urea groups is 1. The van der Waals surface area contributed by atoms with Crippen molar-refractivity contribution < 1.29 is 19.2 Å². The predicted octanol–water partition coefficient (Wildman–Crippen LogP) is 0.869. The lowest BCUT2D eigenvalue weighted by Crippen LogP contribution is -2.43. The molecule has 0 spiro atoms. The summed E-state index contributed by atoms with van der Waals surface area (Å²) < 4.78 is 0. The van der Waals surface area contributed by atoms with Gasteiger partial charge in [0.25, 0.3) is 5.91 Å².